The van der Waals surface area contributed by atoms with Crippen molar-refractivity contribution in [2.24, 2.45) is 0 Å². The Bertz CT molecular complexity index is 578. The largest absolute Gasteiger partial charge is 0.346 e. The zero-order valence-electron chi connectivity index (χ0n) is 12.1. The molecule has 1 unspecified atom stereocenters. The zero-order valence-corrected chi connectivity index (χ0v) is 12.1. The first-order valence-electron chi connectivity index (χ1n) is 6.90. The minimum Gasteiger partial charge on any atom is -0.346 e. The lowest BCUT2D eigenvalue weighted by molar-refractivity contribution is -0.121. The standard InChI is InChI=1S/C14H21N5O/c1-10(2)15-8-7-13(20)16-11(3)14-18-17-12-6-4-5-9-19(12)14/h4-6,9-11,15H,7-8H2,1-3H3,(H,16,20). The second-order valence-corrected chi connectivity index (χ2v) is 5.14. The van der Waals surface area contributed by atoms with E-state index >= 15 is 0 Å². The Hall–Kier alpha value is -1.95. The molecule has 0 saturated heterocycles. The second-order valence-electron chi connectivity index (χ2n) is 5.14. The van der Waals surface area contributed by atoms with E-state index in [0.717, 1.165) is 11.5 Å². The molecule has 0 aromatic carbocycles. The maximum Gasteiger partial charge on any atom is 0.221 e. The summed E-state index contributed by atoms with van der Waals surface area (Å²) in [6.45, 7) is 6.71. The fraction of sp³-hybridized carbons (Fsp3) is 0.500. The number of hydrogen-bond donors (Lipinski definition) is 2. The van der Waals surface area contributed by atoms with Gasteiger partial charge in [-0.15, -0.1) is 10.2 Å². The Morgan fingerprint density at radius 2 is 2.10 bits per heavy atom. The van der Waals surface area contributed by atoms with E-state index in [9.17, 15) is 4.79 Å². The molecule has 0 aliphatic heterocycles. The Balaban J connectivity index is 1.94. The van der Waals surface area contributed by atoms with Crippen molar-refractivity contribution in [3.8, 4) is 0 Å². The third-order valence-corrected chi connectivity index (χ3v) is 3.01. The molecular weight excluding hydrogens is 254 g/mol. The molecule has 2 rings (SSSR count). The van der Waals surface area contributed by atoms with Crippen LogP contribution < -0.4 is 10.6 Å². The predicted octanol–water partition coefficient (Wildman–Crippen LogP) is 1.29. The van der Waals surface area contributed by atoms with Gasteiger partial charge in [-0.25, -0.2) is 0 Å². The molecule has 0 fully saturated rings. The first kappa shape index (κ1) is 14.5. The monoisotopic (exact) mass is 275 g/mol. The maximum absolute atomic E-state index is 11.9. The van der Waals surface area contributed by atoms with Gasteiger partial charge < -0.3 is 10.6 Å². The van der Waals surface area contributed by atoms with Gasteiger partial charge in [0, 0.05) is 25.2 Å². The number of nitrogens with one attached hydrogen (secondary N) is 2. The number of nitrogens with zero attached hydrogens (tertiary/aromatic N) is 3. The molecule has 2 aromatic rings. The highest BCUT2D eigenvalue weighted by molar-refractivity contribution is 5.76. The van der Waals surface area contributed by atoms with Crippen molar-refractivity contribution in [1.82, 2.24) is 25.2 Å². The van der Waals surface area contributed by atoms with Gasteiger partial charge in [-0.1, -0.05) is 19.9 Å². The van der Waals surface area contributed by atoms with E-state index in [1.807, 2.05) is 35.7 Å². The van der Waals surface area contributed by atoms with Crippen molar-refractivity contribution < 1.29 is 4.79 Å². The van der Waals surface area contributed by atoms with Gasteiger partial charge in [0.05, 0.1) is 6.04 Å². The van der Waals surface area contributed by atoms with Crippen molar-refractivity contribution >= 4 is 11.6 Å². The Morgan fingerprint density at radius 1 is 1.30 bits per heavy atom. The van der Waals surface area contributed by atoms with Gasteiger partial charge in [0.1, 0.15) is 0 Å². The van der Waals surface area contributed by atoms with Crippen LogP contribution in [0.1, 0.15) is 39.1 Å². The van der Waals surface area contributed by atoms with Crippen molar-refractivity contribution in [3.63, 3.8) is 0 Å². The van der Waals surface area contributed by atoms with Gasteiger partial charge in [0.15, 0.2) is 11.5 Å². The van der Waals surface area contributed by atoms with Crippen LogP contribution in [-0.2, 0) is 4.79 Å². The van der Waals surface area contributed by atoms with Crippen LogP contribution in [0.4, 0.5) is 0 Å². The number of aromatic nitrogens is 3. The van der Waals surface area contributed by atoms with E-state index in [2.05, 4.69) is 34.7 Å². The lowest BCUT2D eigenvalue weighted by atomic mass is 10.2. The molecule has 2 aromatic heterocycles. The Kier molecular flexibility index (Phi) is 4.68. The second kappa shape index (κ2) is 6.47. The lowest BCUT2D eigenvalue weighted by Crippen LogP contribution is -2.32. The summed E-state index contributed by atoms with van der Waals surface area (Å²) >= 11 is 0. The van der Waals surface area contributed by atoms with Crippen molar-refractivity contribution in [3.05, 3.63) is 30.2 Å². The molecule has 0 saturated carbocycles. The maximum atomic E-state index is 11.9. The summed E-state index contributed by atoms with van der Waals surface area (Å²) in [5.74, 6) is 0.754. The quantitative estimate of drug-likeness (QED) is 0.833. The van der Waals surface area contributed by atoms with Crippen molar-refractivity contribution in [2.45, 2.75) is 39.3 Å². The smallest absolute Gasteiger partial charge is 0.221 e. The molecule has 20 heavy (non-hydrogen) atoms. The number of fused-ring (bicyclic) bond motifs is 1. The van der Waals surface area contributed by atoms with Crippen molar-refractivity contribution in [1.29, 1.82) is 0 Å². The number of carbonyl (C=O) groups excluding carboxylic acids is 1. The molecule has 2 N–H and O–H groups in total. The molecule has 2 heterocycles. The fourth-order valence-corrected chi connectivity index (χ4v) is 2.01. The summed E-state index contributed by atoms with van der Waals surface area (Å²) in [4.78, 5) is 11.9. The summed E-state index contributed by atoms with van der Waals surface area (Å²) in [7, 11) is 0. The molecule has 6 nitrogen and oxygen atoms in total. The summed E-state index contributed by atoms with van der Waals surface area (Å²) in [5.41, 5.74) is 0.782. The third-order valence-electron chi connectivity index (χ3n) is 3.01. The van der Waals surface area contributed by atoms with Crippen LogP contribution in [0.25, 0.3) is 5.65 Å². The van der Waals surface area contributed by atoms with Crippen LogP contribution in [0, 0.1) is 0 Å². The summed E-state index contributed by atoms with van der Waals surface area (Å²) in [6.07, 6.45) is 2.35. The zero-order chi connectivity index (χ0) is 14.5. The van der Waals surface area contributed by atoms with Gasteiger partial charge in [-0.2, -0.15) is 0 Å². The number of hydrogen-bond acceptors (Lipinski definition) is 4. The highest BCUT2D eigenvalue weighted by Gasteiger charge is 2.15. The first-order valence-corrected chi connectivity index (χ1v) is 6.90. The van der Waals surface area contributed by atoms with E-state index in [0.29, 0.717) is 19.0 Å². The summed E-state index contributed by atoms with van der Waals surface area (Å²) in [5, 5.41) is 14.4. The number of rotatable bonds is 6. The third kappa shape index (κ3) is 3.54. The fourth-order valence-electron chi connectivity index (χ4n) is 2.01. The van der Waals surface area contributed by atoms with Gasteiger partial charge in [-0.05, 0) is 19.1 Å². The molecule has 0 aliphatic carbocycles. The normalized spacial score (nSPS) is 12.8. The number of pyridine rings is 1. The molecular formula is C14H21N5O. The summed E-state index contributed by atoms with van der Waals surface area (Å²) in [6, 6.07) is 5.94. The average Bonchev–Trinajstić information content (AvgIpc) is 2.82. The number of carbonyl (C=O) groups is 1. The van der Waals surface area contributed by atoms with Gasteiger partial charge >= 0.3 is 0 Å². The molecule has 0 spiro atoms. The molecule has 108 valence electrons. The highest BCUT2D eigenvalue weighted by Crippen LogP contribution is 2.11. The van der Waals surface area contributed by atoms with Crippen LogP contribution in [0.5, 0.6) is 0 Å². The molecule has 0 bridgehead atoms. The molecule has 1 atom stereocenters. The highest BCUT2D eigenvalue weighted by atomic mass is 16.1. The first-order chi connectivity index (χ1) is 9.58. The molecule has 0 aliphatic rings. The SMILES string of the molecule is CC(C)NCCC(=O)NC(C)c1nnc2ccccn12. The van der Waals surface area contributed by atoms with Crippen molar-refractivity contribution in [2.75, 3.05) is 6.54 Å². The Labute approximate surface area is 118 Å². The van der Waals surface area contributed by atoms with Crippen LogP contribution >= 0.6 is 0 Å². The molecule has 0 radical (unpaired) electrons. The van der Waals surface area contributed by atoms with Gasteiger partial charge in [-0.3, -0.25) is 9.20 Å². The predicted molar refractivity (Wildman–Crippen MR) is 77.3 cm³/mol. The average molecular weight is 275 g/mol. The Morgan fingerprint density at radius 3 is 2.85 bits per heavy atom. The minimum atomic E-state index is -0.168. The van der Waals surface area contributed by atoms with Gasteiger partial charge in [0.2, 0.25) is 5.91 Å². The lowest BCUT2D eigenvalue weighted by Gasteiger charge is -2.13. The van der Waals surface area contributed by atoms with E-state index < -0.39 is 0 Å². The van der Waals surface area contributed by atoms with E-state index in [1.165, 1.54) is 0 Å². The number of amides is 1. The minimum absolute atomic E-state index is 0.0123. The van der Waals surface area contributed by atoms with Crippen LogP contribution in [-0.4, -0.2) is 33.1 Å². The topological polar surface area (TPSA) is 71.3 Å². The van der Waals surface area contributed by atoms with Crippen LogP contribution in [0.2, 0.25) is 0 Å². The van der Waals surface area contributed by atoms with Gasteiger partial charge in [0.25, 0.3) is 0 Å². The van der Waals surface area contributed by atoms with E-state index in [-0.39, 0.29) is 11.9 Å². The molecule has 6 heteroatoms. The molecule has 1 amide bonds. The van der Waals surface area contributed by atoms with Crippen LogP contribution in [0.3, 0.4) is 0 Å². The van der Waals surface area contributed by atoms with E-state index in [1.54, 1.807) is 0 Å². The van der Waals surface area contributed by atoms with E-state index in [4.69, 9.17) is 0 Å². The summed E-state index contributed by atoms with van der Waals surface area (Å²) < 4.78 is 1.89. The van der Waals surface area contributed by atoms with Crippen LogP contribution in [0.15, 0.2) is 24.4 Å².